The number of pyridine rings is 1. The van der Waals surface area contributed by atoms with E-state index in [1.54, 1.807) is 55.7 Å². The molecular formula is C31H25N5O5S. The lowest BCUT2D eigenvalue weighted by atomic mass is 10.0. The zero-order chi connectivity index (χ0) is 30.0. The molecule has 2 fully saturated rings. The molecule has 2 aromatic carbocycles. The van der Waals surface area contributed by atoms with Crippen LogP contribution in [0.3, 0.4) is 0 Å². The highest BCUT2D eigenvalue weighted by atomic mass is 32.2. The Labute approximate surface area is 246 Å². The second-order valence-electron chi connectivity index (χ2n) is 9.70. The number of carbonyl (C=O) groups is 3. The van der Waals surface area contributed by atoms with Crippen LogP contribution < -0.4 is 20.1 Å². The van der Waals surface area contributed by atoms with Crippen LogP contribution in [0.15, 0.2) is 53.6 Å². The van der Waals surface area contributed by atoms with Crippen LogP contribution in [0.2, 0.25) is 0 Å². The Kier molecular flexibility index (Phi) is 7.96. The monoisotopic (exact) mass is 579 g/mol. The number of nitriles is 2. The first kappa shape index (κ1) is 28.4. The van der Waals surface area contributed by atoms with E-state index in [-0.39, 0.29) is 40.1 Å². The molecule has 1 saturated carbocycles. The number of methoxy groups -OCH3 is 2. The molecule has 1 unspecified atom stereocenters. The van der Waals surface area contributed by atoms with Crippen LogP contribution in [-0.4, -0.2) is 42.1 Å². The molecule has 1 aromatic heterocycles. The van der Waals surface area contributed by atoms with Gasteiger partial charge < -0.3 is 15.2 Å². The number of anilines is 2. The normalized spacial score (nSPS) is 16.4. The van der Waals surface area contributed by atoms with Crippen molar-refractivity contribution in [3.05, 3.63) is 76.4 Å². The molecular weight excluding hydrogens is 554 g/mol. The number of aromatic nitrogens is 1. The average molecular weight is 580 g/mol. The van der Waals surface area contributed by atoms with Crippen molar-refractivity contribution in [2.75, 3.05) is 24.9 Å². The van der Waals surface area contributed by atoms with Gasteiger partial charge in [-0.05, 0) is 72.4 Å². The van der Waals surface area contributed by atoms with Gasteiger partial charge in [-0.15, -0.1) is 0 Å². The molecule has 1 aliphatic carbocycles. The standard InChI is InChI=1S/C31H25N5O5S/c1-40-24-12-4-17(13-25(24)41-2)3-11-23(37)18-7-9-20(10-8-18)36-27(38)14-26(31(36)39)42-30-22(16-33)28(19-5-6-19)21(15-32)29(34)35-30/h3-4,7-13,19,26H,5-6,14H2,1-2H3,(H2,34,35)/b11-3+. The number of hydrogen-bond donors (Lipinski definition) is 1. The maximum absolute atomic E-state index is 13.3. The van der Waals surface area contributed by atoms with Gasteiger partial charge in [0.15, 0.2) is 17.3 Å². The molecule has 11 heteroatoms. The smallest absolute Gasteiger partial charge is 0.247 e. The van der Waals surface area contributed by atoms with Gasteiger partial charge in [-0.1, -0.05) is 23.9 Å². The van der Waals surface area contributed by atoms with Gasteiger partial charge in [0.05, 0.1) is 36.3 Å². The molecule has 0 radical (unpaired) electrons. The van der Waals surface area contributed by atoms with Crippen LogP contribution in [0.5, 0.6) is 11.5 Å². The Morgan fingerprint density at radius 2 is 1.74 bits per heavy atom. The lowest BCUT2D eigenvalue weighted by Crippen LogP contribution is -2.31. The number of allylic oxidation sites excluding steroid dienone is 1. The number of ketones is 1. The number of carbonyl (C=O) groups excluding carboxylic acids is 3. The zero-order valence-corrected chi connectivity index (χ0v) is 23.6. The van der Waals surface area contributed by atoms with Gasteiger partial charge in [0.1, 0.15) is 23.0 Å². The number of rotatable bonds is 9. The van der Waals surface area contributed by atoms with Crippen molar-refractivity contribution < 1.29 is 23.9 Å². The number of imide groups is 1. The Bertz CT molecular complexity index is 1720. The van der Waals surface area contributed by atoms with Crippen molar-refractivity contribution in [1.82, 2.24) is 4.98 Å². The molecule has 42 heavy (non-hydrogen) atoms. The predicted molar refractivity (Wildman–Crippen MR) is 156 cm³/mol. The Morgan fingerprint density at radius 3 is 2.36 bits per heavy atom. The van der Waals surface area contributed by atoms with E-state index in [2.05, 4.69) is 11.1 Å². The third kappa shape index (κ3) is 5.42. The summed E-state index contributed by atoms with van der Waals surface area (Å²) in [6, 6.07) is 15.7. The summed E-state index contributed by atoms with van der Waals surface area (Å²) in [7, 11) is 3.07. The van der Waals surface area contributed by atoms with E-state index in [1.807, 2.05) is 6.07 Å². The summed E-state index contributed by atoms with van der Waals surface area (Å²) in [6.45, 7) is 0. The first-order valence-corrected chi connectivity index (χ1v) is 13.9. The minimum absolute atomic E-state index is 0.00922. The number of amides is 2. The van der Waals surface area contributed by atoms with Crippen LogP contribution in [0.25, 0.3) is 6.08 Å². The van der Waals surface area contributed by atoms with E-state index in [9.17, 15) is 24.9 Å². The molecule has 2 amide bonds. The molecule has 1 aliphatic heterocycles. The van der Waals surface area contributed by atoms with E-state index >= 15 is 0 Å². The number of nitrogens with two attached hydrogens (primary N) is 1. The van der Waals surface area contributed by atoms with Gasteiger partial charge >= 0.3 is 0 Å². The second kappa shape index (κ2) is 11.8. The fourth-order valence-electron chi connectivity index (χ4n) is 4.79. The molecule has 2 heterocycles. The summed E-state index contributed by atoms with van der Waals surface area (Å²) < 4.78 is 10.5. The summed E-state index contributed by atoms with van der Waals surface area (Å²) >= 11 is 1.01. The quantitative estimate of drug-likeness (QED) is 0.215. The van der Waals surface area contributed by atoms with E-state index in [0.717, 1.165) is 35.1 Å². The number of nitrogens with zero attached hydrogens (tertiary/aromatic N) is 4. The predicted octanol–water partition coefficient (Wildman–Crippen LogP) is 4.62. The molecule has 2 N–H and O–H groups in total. The lowest BCUT2D eigenvalue weighted by Gasteiger charge is -2.16. The van der Waals surface area contributed by atoms with E-state index in [4.69, 9.17) is 15.2 Å². The first-order valence-electron chi connectivity index (χ1n) is 13.0. The summed E-state index contributed by atoms with van der Waals surface area (Å²) in [6.07, 6.45) is 4.67. The molecule has 1 atom stereocenters. The molecule has 0 bridgehead atoms. The third-order valence-corrected chi connectivity index (χ3v) is 8.22. The lowest BCUT2D eigenvalue weighted by molar-refractivity contribution is -0.121. The summed E-state index contributed by atoms with van der Waals surface area (Å²) in [5, 5.41) is 18.8. The van der Waals surface area contributed by atoms with Crippen molar-refractivity contribution in [1.29, 1.82) is 10.5 Å². The number of hydrogen-bond acceptors (Lipinski definition) is 10. The average Bonchev–Trinajstić information content (AvgIpc) is 3.80. The maximum atomic E-state index is 13.3. The highest BCUT2D eigenvalue weighted by Crippen LogP contribution is 2.47. The molecule has 3 aromatic rings. The number of thioether (sulfide) groups is 1. The Morgan fingerprint density at radius 1 is 1.05 bits per heavy atom. The second-order valence-corrected chi connectivity index (χ2v) is 10.9. The molecule has 1 saturated heterocycles. The van der Waals surface area contributed by atoms with Gasteiger partial charge in [0.25, 0.3) is 0 Å². The molecule has 2 aliphatic rings. The van der Waals surface area contributed by atoms with Crippen molar-refractivity contribution in [2.45, 2.75) is 35.5 Å². The Balaban J connectivity index is 1.31. The summed E-state index contributed by atoms with van der Waals surface area (Å²) in [4.78, 5) is 44.3. The van der Waals surface area contributed by atoms with Crippen molar-refractivity contribution in [3.8, 4) is 23.6 Å². The van der Waals surface area contributed by atoms with Crippen molar-refractivity contribution in [2.24, 2.45) is 0 Å². The van der Waals surface area contributed by atoms with Crippen molar-refractivity contribution >= 4 is 46.9 Å². The number of nitrogen functional groups attached to an aromatic ring is 1. The third-order valence-electron chi connectivity index (χ3n) is 7.04. The van der Waals surface area contributed by atoms with Crippen LogP contribution in [0.1, 0.15) is 57.8 Å². The molecule has 5 rings (SSSR count). The Hall–Kier alpha value is -5.13. The van der Waals surface area contributed by atoms with E-state index < -0.39 is 17.1 Å². The van der Waals surface area contributed by atoms with E-state index in [0.29, 0.717) is 28.3 Å². The highest BCUT2D eigenvalue weighted by molar-refractivity contribution is 8.00. The molecule has 0 spiro atoms. The van der Waals surface area contributed by atoms with Gasteiger partial charge in [0.2, 0.25) is 11.8 Å². The zero-order valence-electron chi connectivity index (χ0n) is 22.8. The largest absolute Gasteiger partial charge is 0.493 e. The topological polar surface area (TPSA) is 159 Å². The minimum atomic E-state index is -0.817. The minimum Gasteiger partial charge on any atom is -0.493 e. The van der Waals surface area contributed by atoms with Gasteiger partial charge in [-0.3, -0.25) is 14.4 Å². The number of ether oxygens (including phenoxy) is 2. The van der Waals surface area contributed by atoms with Gasteiger partial charge in [-0.2, -0.15) is 10.5 Å². The van der Waals surface area contributed by atoms with E-state index in [1.165, 1.54) is 13.2 Å². The SMILES string of the molecule is COc1ccc(/C=C/C(=O)c2ccc(N3C(=O)CC(Sc4nc(N)c(C#N)c(C5CC5)c4C#N)C3=O)cc2)cc1OC. The van der Waals surface area contributed by atoms with Crippen LogP contribution >= 0.6 is 11.8 Å². The molecule has 10 nitrogen and oxygen atoms in total. The van der Waals surface area contributed by atoms with Gasteiger partial charge in [-0.25, -0.2) is 9.88 Å². The van der Waals surface area contributed by atoms with Crippen LogP contribution in [0, 0.1) is 22.7 Å². The van der Waals surface area contributed by atoms with Crippen LogP contribution in [-0.2, 0) is 9.59 Å². The van der Waals surface area contributed by atoms with Gasteiger partial charge in [0, 0.05) is 12.0 Å². The fourth-order valence-corrected chi connectivity index (χ4v) is 5.92. The maximum Gasteiger partial charge on any atom is 0.247 e. The van der Waals surface area contributed by atoms with Crippen molar-refractivity contribution in [3.63, 3.8) is 0 Å². The summed E-state index contributed by atoms with van der Waals surface area (Å²) in [5.74, 6) is 0.0595. The molecule has 210 valence electrons. The first-order chi connectivity index (χ1) is 20.3. The van der Waals surface area contributed by atoms with Crippen LogP contribution in [0.4, 0.5) is 11.5 Å². The summed E-state index contributed by atoms with van der Waals surface area (Å²) in [5.41, 5.74) is 8.49. The number of benzene rings is 2. The fraction of sp³-hybridized carbons (Fsp3) is 0.226. The highest BCUT2D eigenvalue weighted by Gasteiger charge is 2.42.